The van der Waals surface area contributed by atoms with Gasteiger partial charge in [-0.15, -0.1) is 0 Å². The molecule has 2 N–H and O–H groups in total. The molecule has 0 fully saturated rings. The molecule has 0 saturated carbocycles. The second kappa shape index (κ2) is 2.72. The van der Waals surface area contributed by atoms with Gasteiger partial charge in [0.05, 0.1) is 0 Å². The highest BCUT2D eigenvalue weighted by Crippen LogP contribution is 1.94. The zero-order valence-corrected chi connectivity index (χ0v) is 5.20. The van der Waals surface area contributed by atoms with E-state index in [1.54, 1.807) is 0 Å². The molecular weight excluding hydrogens is 100 g/mol. The van der Waals surface area contributed by atoms with Crippen LogP contribution in [0.5, 0.6) is 0 Å². The average Bonchev–Trinajstić information content (AvgIpc) is 1.90. The first-order valence-electron chi connectivity index (χ1n) is 3.01. The summed E-state index contributed by atoms with van der Waals surface area (Å²) >= 11 is 0. The van der Waals surface area contributed by atoms with Crippen molar-refractivity contribution in [3.05, 3.63) is 11.8 Å². The molecular formula is C6H12N2. The third-order valence-electron chi connectivity index (χ3n) is 1.35. The Bertz CT molecular complexity index is 96.7. The van der Waals surface area contributed by atoms with Crippen molar-refractivity contribution in [1.82, 2.24) is 10.6 Å². The maximum atomic E-state index is 3.25. The maximum absolute atomic E-state index is 3.25. The first-order chi connectivity index (χ1) is 3.93. The lowest BCUT2D eigenvalue weighted by Gasteiger charge is -2.12. The fraction of sp³-hybridized carbons (Fsp3) is 0.667. The van der Waals surface area contributed by atoms with Crippen molar-refractivity contribution in [3.63, 3.8) is 0 Å². The van der Waals surface area contributed by atoms with Gasteiger partial charge in [-0.3, -0.25) is 0 Å². The molecule has 1 aliphatic heterocycles. The van der Waals surface area contributed by atoms with Crippen molar-refractivity contribution < 1.29 is 0 Å². The smallest absolute Gasteiger partial charge is 0.0350 e. The van der Waals surface area contributed by atoms with Gasteiger partial charge in [-0.1, -0.05) is 6.08 Å². The van der Waals surface area contributed by atoms with E-state index >= 15 is 0 Å². The quantitative estimate of drug-likeness (QED) is 0.502. The Kier molecular flexibility index (Phi) is 1.92. The van der Waals surface area contributed by atoms with E-state index < -0.39 is 0 Å². The van der Waals surface area contributed by atoms with Gasteiger partial charge in [-0.2, -0.15) is 0 Å². The lowest BCUT2D eigenvalue weighted by Crippen LogP contribution is -2.27. The Morgan fingerprint density at radius 3 is 3.00 bits per heavy atom. The number of likely N-dealkylation sites (N-methyl/N-ethyl adjacent to an activating group) is 1. The van der Waals surface area contributed by atoms with E-state index in [1.165, 1.54) is 5.70 Å². The highest BCUT2D eigenvalue weighted by molar-refractivity contribution is 5.03. The van der Waals surface area contributed by atoms with Gasteiger partial charge in [0.15, 0.2) is 0 Å². The normalized spacial score (nSPS) is 19.9. The minimum Gasteiger partial charge on any atom is -0.391 e. The van der Waals surface area contributed by atoms with Crippen LogP contribution in [0, 0.1) is 0 Å². The van der Waals surface area contributed by atoms with Crippen LogP contribution in [0.15, 0.2) is 11.8 Å². The monoisotopic (exact) mass is 112 g/mol. The van der Waals surface area contributed by atoms with Crippen LogP contribution in [0.1, 0.15) is 6.42 Å². The summed E-state index contributed by atoms with van der Waals surface area (Å²) in [5, 5.41) is 6.36. The molecule has 0 aromatic rings. The third-order valence-corrected chi connectivity index (χ3v) is 1.35. The molecule has 8 heavy (non-hydrogen) atoms. The Hall–Kier alpha value is -0.500. The topological polar surface area (TPSA) is 24.1 Å². The summed E-state index contributed by atoms with van der Waals surface area (Å²) in [7, 11) is 1.96. The van der Waals surface area contributed by atoms with E-state index in [0.717, 1.165) is 19.5 Å². The summed E-state index contributed by atoms with van der Waals surface area (Å²) in [6.45, 7) is 2.14. The molecule has 2 heteroatoms. The summed E-state index contributed by atoms with van der Waals surface area (Å²) in [6.07, 6.45) is 3.40. The summed E-state index contributed by atoms with van der Waals surface area (Å²) in [4.78, 5) is 0. The molecule has 1 heterocycles. The largest absolute Gasteiger partial charge is 0.391 e. The van der Waals surface area contributed by atoms with E-state index in [-0.39, 0.29) is 0 Å². The van der Waals surface area contributed by atoms with Crippen LogP contribution < -0.4 is 10.6 Å². The summed E-state index contributed by atoms with van der Waals surface area (Å²) in [5.41, 5.74) is 1.32. The number of hydrogen-bond acceptors (Lipinski definition) is 2. The van der Waals surface area contributed by atoms with Gasteiger partial charge in [0.25, 0.3) is 0 Å². The first kappa shape index (κ1) is 5.63. The fourth-order valence-electron chi connectivity index (χ4n) is 0.834. The highest BCUT2D eigenvalue weighted by Gasteiger charge is 1.96. The molecule has 0 aromatic heterocycles. The van der Waals surface area contributed by atoms with Gasteiger partial charge in [0.2, 0.25) is 0 Å². The molecule has 2 nitrogen and oxygen atoms in total. The van der Waals surface area contributed by atoms with Gasteiger partial charge < -0.3 is 10.6 Å². The van der Waals surface area contributed by atoms with Crippen LogP contribution >= 0.6 is 0 Å². The zero-order valence-electron chi connectivity index (χ0n) is 5.20. The third kappa shape index (κ3) is 1.23. The molecule has 0 atom stereocenters. The lowest BCUT2D eigenvalue weighted by atomic mass is 10.2. The maximum Gasteiger partial charge on any atom is 0.0350 e. The van der Waals surface area contributed by atoms with Crippen molar-refractivity contribution in [2.24, 2.45) is 0 Å². The van der Waals surface area contributed by atoms with E-state index in [0.29, 0.717) is 0 Å². The second-order valence-corrected chi connectivity index (χ2v) is 1.94. The Morgan fingerprint density at radius 1 is 1.75 bits per heavy atom. The highest BCUT2D eigenvalue weighted by atomic mass is 14.9. The van der Waals surface area contributed by atoms with Gasteiger partial charge in [-0.05, 0) is 13.0 Å². The summed E-state index contributed by atoms with van der Waals surface area (Å²) in [5.74, 6) is 0. The van der Waals surface area contributed by atoms with Gasteiger partial charge >= 0.3 is 0 Å². The molecule has 46 valence electrons. The molecule has 0 saturated heterocycles. The van der Waals surface area contributed by atoms with Crippen LogP contribution in [0.2, 0.25) is 0 Å². The zero-order chi connectivity index (χ0) is 5.82. The minimum atomic E-state index is 1.01. The van der Waals surface area contributed by atoms with E-state index in [1.807, 2.05) is 7.05 Å². The molecule has 0 aliphatic carbocycles. The van der Waals surface area contributed by atoms with Crippen LogP contribution in [0.4, 0.5) is 0 Å². The van der Waals surface area contributed by atoms with Gasteiger partial charge in [-0.25, -0.2) is 0 Å². The fourth-order valence-corrected chi connectivity index (χ4v) is 0.834. The minimum absolute atomic E-state index is 1.01. The molecule has 0 bridgehead atoms. The SMILES string of the molecule is CNC1=CCCNC1. The Balaban J connectivity index is 2.37. The van der Waals surface area contributed by atoms with Crippen molar-refractivity contribution in [3.8, 4) is 0 Å². The standard InChI is InChI=1S/C6H12N2/c1-7-6-3-2-4-8-5-6/h3,7-8H,2,4-5H2,1H3. The summed E-state index contributed by atoms with van der Waals surface area (Å²) < 4.78 is 0. The number of nitrogens with one attached hydrogen (secondary N) is 2. The van der Waals surface area contributed by atoms with Crippen LogP contribution in [-0.2, 0) is 0 Å². The molecule has 0 amide bonds. The number of hydrogen-bond donors (Lipinski definition) is 2. The molecule has 0 aromatic carbocycles. The van der Waals surface area contributed by atoms with E-state index in [4.69, 9.17) is 0 Å². The van der Waals surface area contributed by atoms with Crippen LogP contribution in [0.3, 0.4) is 0 Å². The van der Waals surface area contributed by atoms with E-state index in [2.05, 4.69) is 16.7 Å². The Morgan fingerprint density at radius 2 is 2.62 bits per heavy atom. The van der Waals surface area contributed by atoms with Crippen molar-refractivity contribution >= 4 is 0 Å². The first-order valence-corrected chi connectivity index (χ1v) is 3.01. The predicted octanol–water partition coefficient (Wildman–Crippen LogP) is 0.0830. The molecule has 1 rings (SSSR count). The van der Waals surface area contributed by atoms with Crippen LogP contribution in [-0.4, -0.2) is 20.1 Å². The predicted molar refractivity (Wildman–Crippen MR) is 34.6 cm³/mol. The second-order valence-electron chi connectivity index (χ2n) is 1.94. The van der Waals surface area contributed by atoms with Gasteiger partial charge in [0, 0.05) is 19.3 Å². The average molecular weight is 112 g/mol. The van der Waals surface area contributed by atoms with Crippen molar-refractivity contribution in [2.75, 3.05) is 20.1 Å². The van der Waals surface area contributed by atoms with Crippen molar-refractivity contribution in [1.29, 1.82) is 0 Å². The molecule has 0 unspecified atom stereocenters. The Labute approximate surface area is 50.0 Å². The van der Waals surface area contributed by atoms with Gasteiger partial charge in [0.1, 0.15) is 0 Å². The number of rotatable bonds is 1. The van der Waals surface area contributed by atoms with Crippen molar-refractivity contribution in [2.45, 2.75) is 6.42 Å². The van der Waals surface area contributed by atoms with E-state index in [9.17, 15) is 0 Å². The molecule has 0 spiro atoms. The summed E-state index contributed by atoms with van der Waals surface area (Å²) in [6, 6.07) is 0. The lowest BCUT2D eigenvalue weighted by molar-refractivity contribution is 0.671. The molecule has 0 radical (unpaired) electrons. The molecule has 1 aliphatic rings. The van der Waals surface area contributed by atoms with Crippen LogP contribution in [0.25, 0.3) is 0 Å².